The highest BCUT2D eigenvalue weighted by Gasteiger charge is 2.13. The Morgan fingerprint density at radius 1 is 1.15 bits per heavy atom. The van der Waals surface area contributed by atoms with Gasteiger partial charge in [0.1, 0.15) is 23.1 Å². The van der Waals surface area contributed by atoms with Crippen LogP contribution in [0.25, 0.3) is 6.08 Å². The lowest BCUT2D eigenvalue weighted by Gasteiger charge is -2.13. The Labute approximate surface area is 153 Å². The Balaban J connectivity index is 2.28. The van der Waals surface area contributed by atoms with Crippen molar-refractivity contribution in [2.45, 2.75) is 26.9 Å². The van der Waals surface area contributed by atoms with E-state index in [-0.39, 0.29) is 11.7 Å². The lowest BCUT2D eigenvalue weighted by atomic mass is 10.1. The molecule has 2 aromatic rings. The van der Waals surface area contributed by atoms with E-state index in [4.69, 9.17) is 9.47 Å². The molecular formula is C21H22N2O3. The summed E-state index contributed by atoms with van der Waals surface area (Å²) in [5.74, 6) is 0.681. The second-order valence-corrected chi connectivity index (χ2v) is 5.76. The summed E-state index contributed by atoms with van der Waals surface area (Å²) in [4.78, 5) is 12.5. The first-order chi connectivity index (χ1) is 12.5. The van der Waals surface area contributed by atoms with Gasteiger partial charge in [-0.2, -0.15) is 5.26 Å². The van der Waals surface area contributed by atoms with E-state index in [2.05, 4.69) is 5.32 Å². The second kappa shape index (κ2) is 9.28. The predicted molar refractivity (Wildman–Crippen MR) is 102 cm³/mol. The number of nitrogens with one attached hydrogen (secondary N) is 1. The van der Waals surface area contributed by atoms with Crippen molar-refractivity contribution >= 4 is 17.7 Å². The van der Waals surface area contributed by atoms with Crippen molar-refractivity contribution in [1.29, 1.82) is 5.26 Å². The molecule has 5 heteroatoms. The van der Waals surface area contributed by atoms with Crippen molar-refractivity contribution in [1.82, 2.24) is 0 Å². The summed E-state index contributed by atoms with van der Waals surface area (Å²) in [6, 6.07) is 16.3. The Kier molecular flexibility index (Phi) is 6.81. The third kappa shape index (κ3) is 5.12. The first-order valence-corrected chi connectivity index (χ1v) is 8.45. The van der Waals surface area contributed by atoms with E-state index in [0.29, 0.717) is 29.4 Å². The normalized spacial score (nSPS) is 11.0. The summed E-state index contributed by atoms with van der Waals surface area (Å²) in [5, 5.41) is 12.2. The second-order valence-electron chi connectivity index (χ2n) is 5.76. The third-order valence-electron chi connectivity index (χ3n) is 3.38. The lowest BCUT2D eigenvalue weighted by Crippen LogP contribution is -2.14. The van der Waals surface area contributed by atoms with Crippen LogP contribution in [0.3, 0.4) is 0 Å². The Morgan fingerprint density at radius 2 is 1.81 bits per heavy atom. The van der Waals surface area contributed by atoms with Crippen molar-refractivity contribution in [3.8, 4) is 17.6 Å². The van der Waals surface area contributed by atoms with E-state index < -0.39 is 5.91 Å². The van der Waals surface area contributed by atoms with Gasteiger partial charge in [0.15, 0.2) is 0 Å². The molecule has 5 nitrogen and oxygen atoms in total. The number of carbonyl (C=O) groups is 1. The molecule has 0 fully saturated rings. The van der Waals surface area contributed by atoms with Crippen LogP contribution in [0.1, 0.15) is 26.3 Å². The van der Waals surface area contributed by atoms with Crippen molar-refractivity contribution in [2.75, 3.05) is 11.9 Å². The molecule has 134 valence electrons. The van der Waals surface area contributed by atoms with Crippen molar-refractivity contribution in [3.63, 3.8) is 0 Å². The number of benzene rings is 2. The van der Waals surface area contributed by atoms with Gasteiger partial charge >= 0.3 is 0 Å². The number of anilines is 1. The number of ether oxygens (including phenoxy) is 2. The highest BCUT2D eigenvalue weighted by molar-refractivity contribution is 6.10. The Hall–Kier alpha value is -3.26. The number of para-hydroxylation sites is 3. The molecule has 0 aliphatic carbocycles. The molecule has 0 spiro atoms. The minimum Gasteiger partial charge on any atom is -0.492 e. The van der Waals surface area contributed by atoms with E-state index >= 15 is 0 Å². The molecule has 1 N–H and O–H groups in total. The van der Waals surface area contributed by atoms with E-state index in [9.17, 15) is 10.1 Å². The molecule has 0 bridgehead atoms. The van der Waals surface area contributed by atoms with Crippen LogP contribution in [-0.4, -0.2) is 18.6 Å². The number of nitriles is 1. The van der Waals surface area contributed by atoms with Gasteiger partial charge in [0, 0.05) is 5.56 Å². The standard InChI is InChI=1S/C21H22N2O3/c1-4-25-20-12-8-6-10-18(20)23-21(24)17(14-22)13-16-9-5-7-11-19(16)26-15(2)3/h5-13,15H,4H2,1-3H3,(H,23,24). The quantitative estimate of drug-likeness (QED) is 0.593. The number of amides is 1. The molecule has 0 aliphatic rings. The number of hydrogen-bond donors (Lipinski definition) is 1. The maximum absolute atomic E-state index is 12.5. The first-order valence-electron chi connectivity index (χ1n) is 8.45. The summed E-state index contributed by atoms with van der Waals surface area (Å²) in [6.45, 7) is 6.19. The zero-order valence-corrected chi connectivity index (χ0v) is 15.2. The minimum absolute atomic E-state index is 0.0121. The largest absolute Gasteiger partial charge is 0.492 e. The van der Waals surface area contributed by atoms with Crippen molar-refractivity contribution in [3.05, 3.63) is 59.7 Å². The minimum atomic E-state index is -0.501. The fourth-order valence-electron chi connectivity index (χ4n) is 2.31. The zero-order chi connectivity index (χ0) is 18.9. The molecular weight excluding hydrogens is 328 g/mol. The van der Waals surface area contributed by atoms with Crippen LogP contribution in [0.2, 0.25) is 0 Å². The predicted octanol–water partition coefficient (Wildman–Crippen LogP) is 4.42. The molecule has 0 saturated heterocycles. The summed E-state index contributed by atoms with van der Waals surface area (Å²) in [5.41, 5.74) is 1.18. The van der Waals surface area contributed by atoms with Gasteiger partial charge in [0.05, 0.1) is 18.4 Å². The molecule has 0 aliphatic heterocycles. The van der Waals surface area contributed by atoms with Gasteiger partial charge in [-0.3, -0.25) is 4.79 Å². The summed E-state index contributed by atoms with van der Waals surface area (Å²) >= 11 is 0. The van der Waals surface area contributed by atoms with Crippen LogP contribution in [0.15, 0.2) is 54.1 Å². The molecule has 0 heterocycles. The number of nitrogens with zero attached hydrogens (tertiary/aromatic N) is 1. The molecule has 26 heavy (non-hydrogen) atoms. The fourth-order valence-corrected chi connectivity index (χ4v) is 2.31. The van der Waals surface area contributed by atoms with E-state index in [1.165, 1.54) is 6.08 Å². The van der Waals surface area contributed by atoms with Gasteiger partial charge < -0.3 is 14.8 Å². The number of rotatable bonds is 7. The Morgan fingerprint density at radius 3 is 2.46 bits per heavy atom. The van der Waals surface area contributed by atoms with Gasteiger partial charge in [-0.05, 0) is 45.0 Å². The van der Waals surface area contributed by atoms with Crippen LogP contribution in [0.5, 0.6) is 11.5 Å². The maximum Gasteiger partial charge on any atom is 0.266 e. The molecule has 0 unspecified atom stereocenters. The van der Waals surface area contributed by atoms with E-state index in [1.807, 2.05) is 51.1 Å². The highest BCUT2D eigenvalue weighted by atomic mass is 16.5. The average molecular weight is 350 g/mol. The lowest BCUT2D eigenvalue weighted by molar-refractivity contribution is -0.112. The zero-order valence-electron chi connectivity index (χ0n) is 15.2. The molecule has 1 amide bonds. The summed E-state index contributed by atoms with van der Waals surface area (Å²) in [7, 11) is 0. The Bertz CT molecular complexity index is 835. The summed E-state index contributed by atoms with van der Waals surface area (Å²) in [6.07, 6.45) is 1.51. The third-order valence-corrected chi connectivity index (χ3v) is 3.38. The van der Waals surface area contributed by atoms with Crippen LogP contribution < -0.4 is 14.8 Å². The molecule has 0 saturated carbocycles. The van der Waals surface area contributed by atoms with E-state index in [0.717, 1.165) is 0 Å². The number of hydrogen-bond acceptors (Lipinski definition) is 4. The fraction of sp³-hybridized carbons (Fsp3) is 0.238. The smallest absolute Gasteiger partial charge is 0.266 e. The number of carbonyl (C=O) groups excluding carboxylic acids is 1. The van der Waals surface area contributed by atoms with Gasteiger partial charge in [-0.15, -0.1) is 0 Å². The molecule has 0 aromatic heterocycles. The van der Waals surface area contributed by atoms with E-state index in [1.54, 1.807) is 24.3 Å². The molecule has 2 rings (SSSR count). The van der Waals surface area contributed by atoms with Crippen LogP contribution in [0, 0.1) is 11.3 Å². The van der Waals surface area contributed by atoms with Crippen molar-refractivity contribution in [2.24, 2.45) is 0 Å². The summed E-state index contributed by atoms with van der Waals surface area (Å²) < 4.78 is 11.2. The van der Waals surface area contributed by atoms with Gasteiger partial charge in [0.25, 0.3) is 5.91 Å². The van der Waals surface area contributed by atoms with Crippen LogP contribution >= 0.6 is 0 Å². The van der Waals surface area contributed by atoms with Crippen LogP contribution in [-0.2, 0) is 4.79 Å². The first kappa shape index (κ1) is 19.1. The van der Waals surface area contributed by atoms with Crippen LogP contribution in [0.4, 0.5) is 5.69 Å². The average Bonchev–Trinajstić information content (AvgIpc) is 2.62. The highest BCUT2D eigenvalue weighted by Crippen LogP contribution is 2.25. The molecule has 0 atom stereocenters. The maximum atomic E-state index is 12.5. The van der Waals surface area contributed by atoms with Gasteiger partial charge in [0.2, 0.25) is 0 Å². The molecule has 2 aromatic carbocycles. The van der Waals surface area contributed by atoms with Gasteiger partial charge in [-0.25, -0.2) is 0 Å². The van der Waals surface area contributed by atoms with Crippen molar-refractivity contribution < 1.29 is 14.3 Å². The monoisotopic (exact) mass is 350 g/mol. The SMILES string of the molecule is CCOc1ccccc1NC(=O)C(C#N)=Cc1ccccc1OC(C)C. The molecule has 0 radical (unpaired) electrons. The topological polar surface area (TPSA) is 71.3 Å². The van der Waals surface area contributed by atoms with Gasteiger partial charge in [-0.1, -0.05) is 30.3 Å².